The quantitative estimate of drug-likeness (QED) is 0.680. The van der Waals surface area contributed by atoms with Crippen LogP contribution in [0.25, 0.3) is 11.3 Å². The van der Waals surface area contributed by atoms with Gasteiger partial charge in [-0.05, 0) is 18.2 Å². The van der Waals surface area contributed by atoms with Crippen LogP contribution < -0.4 is 5.73 Å². The Morgan fingerprint density at radius 3 is 2.85 bits per heavy atom. The molecule has 3 nitrogen and oxygen atoms in total. The van der Waals surface area contributed by atoms with Gasteiger partial charge in [-0.15, -0.1) is 0 Å². The van der Waals surface area contributed by atoms with Crippen molar-refractivity contribution in [3.8, 4) is 11.3 Å². The molecular formula is C9H7FN2O. The second-order valence-corrected chi connectivity index (χ2v) is 2.60. The topological polar surface area (TPSA) is 52.0 Å². The summed E-state index contributed by atoms with van der Waals surface area (Å²) >= 11 is 0. The zero-order valence-electron chi connectivity index (χ0n) is 6.70. The van der Waals surface area contributed by atoms with E-state index in [1.807, 2.05) is 0 Å². The Labute approximate surface area is 74.0 Å². The molecule has 1 aromatic heterocycles. The molecule has 0 saturated heterocycles. The third-order valence-corrected chi connectivity index (χ3v) is 1.71. The highest BCUT2D eigenvalue weighted by Crippen LogP contribution is 2.22. The molecule has 0 fully saturated rings. The summed E-state index contributed by atoms with van der Waals surface area (Å²) in [5.41, 5.74) is 6.21. The zero-order chi connectivity index (χ0) is 9.26. The summed E-state index contributed by atoms with van der Waals surface area (Å²) in [6.07, 6.45) is 2.86. The first-order valence-corrected chi connectivity index (χ1v) is 3.71. The minimum atomic E-state index is -0.428. The van der Waals surface area contributed by atoms with E-state index in [0.29, 0.717) is 5.76 Å². The molecule has 1 heterocycles. The number of nitrogen functional groups attached to an aromatic ring is 1. The third-order valence-electron chi connectivity index (χ3n) is 1.71. The van der Waals surface area contributed by atoms with Crippen LogP contribution in [0.4, 0.5) is 10.1 Å². The molecule has 4 heteroatoms. The van der Waals surface area contributed by atoms with Crippen LogP contribution in [0.15, 0.2) is 35.2 Å². The summed E-state index contributed by atoms with van der Waals surface area (Å²) in [6, 6.07) is 4.40. The van der Waals surface area contributed by atoms with Crippen LogP contribution in [0.5, 0.6) is 0 Å². The first-order valence-electron chi connectivity index (χ1n) is 3.71. The molecule has 13 heavy (non-hydrogen) atoms. The Balaban J connectivity index is 2.49. The van der Waals surface area contributed by atoms with E-state index >= 15 is 0 Å². The van der Waals surface area contributed by atoms with E-state index in [0.717, 1.165) is 5.56 Å². The number of nitrogens with zero attached hydrogens (tertiary/aromatic N) is 1. The summed E-state index contributed by atoms with van der Waals surface area (Å²) in [5.74, 6) is 0.148. The molecule has 66 valence electrons. The second kappa shape index (κ2) is 2.90. The lowest BCUT2D eigenvalue weighted by molar-refractivity contribution is 0.571. The van der Waals surface area contributed by atoms with E-state index in [1.54, 1.807) is 12.3 Å². The van der Waals surface area contributed by atoms with Crippen molar-refractivity contribution in [3.05, 3.63) is 36.6 Å². The van der Waals surface area contributed by atoms with Crippen molar-refractivity contribution in [2.75, 3.05) is 5.73 Å². The SMILES string of the molecule is Nc1cc(-c2cnco2)ccc1F. The Bertz CT molecular complexity index is 412. The monoisotopic (exact) mass is 178 g/mol. The molecule has 0 aliphatic carbocycles. The van der Waals surface area contributed by atoms with Gasteiger partial charge in [-0.3, -0.25) is 0 Å². The average Bonchev–Trinajstić information content (AvgIpc) is 2.62. The Hall–Kier alpha value is -1.84. The van der Waals surface area contributed by atoms with E-state index < -0.39 is 5.82 Å². The van der Waals surface area contributed by atoms with Crippen LogP contribution in [-0.2, 0) is 0 Å². The van der Waals surface area contributed by atoms with Gasteiger partial charge >= 0.3 is 0 Å². The molecule has 0 saturated carbocycles. The van der Waals surface area contributed by atoms with Crippen molar-refractivity contribution in [2.24, 2.45) is 0 Å². The maximum atomic E-state index is 12.8. The molecule has 0 atom stereocenters. The number of rotatable bonds is 1. The first-order chi connectivity index (χ1) is 6.27. The van der Waals surface area contributed by atoms with Crippen molar-refractivity contribution in [2.45, 2.75) is 0 Å². The van der Waals surface area contributed by atoms with Crippen LogP contribution in [0, 0.1) is 5.82 Å². The number of hydrogen-bond acceptors (Lipinski definition) is 3. The Morgan fingerprint density at radius 1 is 1.38 bits per heavy atom. The van der Waals surface area contributed by atoms with Gasteiger partial charge in [0, 0.05) is 5.56 Å². The highest BCUT2D eigenvalue weighted by atomic mass is 19.1. The van der Waals surface area contributed by atoms with Crippen LogP contribution in [0.1, 0.15) is 0 Å². The number of anilines is 1. The van der Waals surface area contributed by atoms with Gasteiger partial charge in [0.05, 0.1) is 11.9 Å². The van der Waals surface area contributed by atoms with Gasteiger partial charge in [0.2, 0.25) is 0 Å². The molecule has 0 radical (unpaired) electrons. The first kappa shape index (κ1) is 7.79. The summed E-state index contributed by atoms with van der Waals surface area (Å²) in [4.78, 5) is 3.75. The van der Waals surface area contributed by atoms with Crippen molar-refractivity contribution in [1.29, 1.82) is 0 Å². The summed E-state index contributed by atoms with van der Waals surface area (Å²) in [7, 11) is 0. The van der Waals surface area contributed by atoms with Gasteiger partial charge < -0.3 is 10.2 Å². The van der Waals surface area contributed by atoms with E-state index in [4.69, 9.17) is 10.2 Å². The number of nitrogens with two attached hydrogens (primary N) is 1. The maximum Gasteiger partial charge on any atom is 0.181 e. The Kier molecular flexibility index (Phi) is 1.73. The molecule has 1 aromatic carbocycles. The molecule has 0 amide bonds. The normalized spacial score (nSPS) is 10.2. The molecule has 2 aromatic rings. The summed E-state index contributed by atoms with van der Waals surface area (Å²) < 4.78 is 17.8. The predicted octanol–water partition coefficient (Wildman–Crippen LogP) is 2.06. The van der Waals surface area contributed by atoms with Gasteiger partial charge in [-0.2, -0.15) is 0 Å². The highest BCUT2D eigenvalue weighted by molar-refractivity contribution is 5.62. The number of oxazole rings is 1. The van der Waals surface area contributed by atoms with Crippen LogP contribution in [0.2, 0.25) is 0 Å². The fraction of sp³-hybridized carbons (Fsp3) is 0. The fourth-order valence-electron chi connectivity index (χ4n) is 1.06. The standard InChI is InChI=1S/C9H7FN2O/c10-7-2-1-6(3-8(7)11)9-4-12-5-13-9/h1-5H,11H2. The van der Waals surface area contributed by atoms with E-state index in [-0.39, 0.29) is 5.69 Å². The van der Waals surface area contributed by atoms with Gasteiger partial charge in [0.25, 0.3) is 0 Å². The lowest BCUT2D eigenvalue weighted by atomic mass is 10.1. The lowest BCUT2D eigenvalue weighted by Crippen LogP contribution is -1.89. The van der Waals surface area contributed by atoms with Crippen molar-refractivity contribution in [1.82, 2.24) is 4.98 Å². The maximum absolute atomic E-state index is 12.8. The number of benzene rings is 1. The van der Waals surface area contributed by atoms with E-state index in [9.17, 15) is 4.39 Å². The molecule has 0 aliphatic heterocycles. The smallest absolute Gasteiger partial charge is 0.181 e. The lowest BCUT2D eigenvalue weighted by Gasteiger charge is -1.98. The van der Waals surface area contributed by atoms with Gasteiger partial charge in [-0.25, -0.2) is 9.37 Å². The molecule has 2 N–H and O–H groups in total. The minimum absolute atomic E-state index is 0.105. The molecule has 0 unspecified atom stereocenters. The predicted molar refractivity (Wildman–Crippen MR) is 46.3 cm³/mol. The van der Waals surface area contributed by atoms with Gasteiger partial charge in [-0.1, -0.05) is 0 Å². The zero-order valence-corrected chi connectivity index (χ0v) is 6.70. The number of aromatic nitrogens is 1. The van der Waals surface area contributed by atoms with Crippen molar-refractivity contribution in [3.63, 3.8) is 0 Å². The number of hydrogen-bond donors (Lipinski definition) is 1. The highest BCUT2D eigenvalue weighted by Gasteiger charge is 2.04. The molecule has 0 bridgehead atoms. The van der Waals surface area contributed by atoms with E-state index in [1.165, 1.54) is 18.5 Å². The average molecular weight is 178 g/mol. The van der Waals surface area contributed by atoms with E-state index in [2.05, 4.69) is 4.98 Å². The minimum Gasteiger partial charge on any atom is -0.444 e. The fourth-order valence-corrected chi connectivity index (χ4v) is 1.06. The molecule has 0 aliphatic rings. The van der Waals surface area contributed by atoms with Gasteiger partial charge in [0.15, 0.2) is 12.2 Å². The number of halogens is 1. The molecule has 2 rings (SSSR count). The van der Waals surface area contributed by atoms with Crippen molar-refractivity contribution < 1.29 is 8.81 Å². The van der Waals surface area contributed by atoms with Crippen LogP contribution in [-0.4, -0.2) is 4.98 Å². The van der Waals surface area contributed by atoms with Crippen LogP contribution in [0.3, 0.4) is 0 Å². The van der Waals surface area contributed by atoms with Gasteiger partial charge in [0.1, 0.15) is 5.82 Å². The molecule has 0 spiro atoms. The Morgan fingerprint density at radius 2 is 2.23 bits per heavy atom. The van der Waals surface area contributed by atoms with Crippen molar-refractivity contribution >= 4 is 5.69 Å². The third kappa shape index (κ3) is 1.38. The largest absolute Gasteiger partial charge is 0.444 e. The summed E-state index contributed by atoms with van der Waals surface area (Å²) in [6.45, 7) is 0. The summed E-state index contributed by atoms with van der Waals surface area (Å²) in [5, 5.41) is 0. The van der Waals surface area contributed by atoms with Crippen LogP contribution >= 0.6 is 0 Å². The second-order valence-electron chi connectivity index (χ2n) is 2.60. The molecular weight excluding hydrogens is 171 g/mol.